The molecule has 0 aliphatic carbocycles. The largest absolute Gasteiger partial charge is 0.497 e. The molecule has 34 heavy (non-hydrogen) atoms. The van der Waals surface area contributed by atoms with Gasteiger partial charge in [0.05, 0.1) is 19.9 Å². The lowest BCUT2D eigenvalue weighted by Crippen LogP contribution is -2.43. The van der Waals surface area contributed by atoms with E-state index in [-0.39, 0.29) is 17.7 Å². The summed E-state index contributed by atoms with van der Waals surface area (Å²) in [7, 11) is 1.65. The van der Waals surface area contributed by atoms with E-state index in [1.165, 1.54) is 0 Å². The van der Waals surface area contributed by atoms with Crippen molar-refractivity contribution in [3.63, 3.8) is 0 Å². The fourth-order valence-electron chi connectivity index (χ4n) is 4.50. The third kappa shape index (κ3) is 4.59. The Morgan fingerprint density at radius 2 is 2.00 bits per heavy atom. The van der Waals surface area contributed by atoms with E-state index in [9.17, 15) is 9.59 Å². The summed E-state index contributed by atoms with van der Waals surface area (Å²) in [5.74, 6) is 1.47. The van der Waals surface area contributed by atoms with Gasteiger partial charge in [0.1, 0.15) is 22.0 Å². The van der Waals surface area contributed by atoms with E-state index in [4.69, 9.17) is 9.15 Å². The summed E-state index contributed by atoms with van der Waals surface area (Å²) in [5.41, 5.74) is 1.76. The maximum Gasteiger partial charge on any atom is 0.270 e. The number of thiophene rings is 1. The van der Waals surface area contributed by atoms with Gasteiger partial charge in [-0.3, -0.25) is 9.59 Å². The number of benzene rings is 1. The first-order valence-electron chi connectivity index (χ1n) is 11.4. The van der Waals surface area contributed by atoms with Crippen molar-refractivity contribution in [3.05, 3.63) is 77.2 Å². The number of hydrogen-bond donors (Lipinski definition) is 1. The summed E-state index contributed by atoms with van der Waals surface area (Å²) in [6.45, 7) is 2.11. The van der Waals surface area contributed by atoms with Crippen molar-refractivity contribution in [1.82, 2.24) is 14.8 Å². The minimum atomic E-state index is -0.0916. The van der Waals surface area contributed by atoms with Crippen LogP contribution in [0.3, 0.4) is 0 Å². The number of piperidine rings is 1. The summed E-state index contributed by atoms with van der Waals surface area (Å²) in [4.78, 5) is 29.0. The summed E-state index contributed by atoms with van der Waals surface area (Å²) >= 11 is 1.64. The molecule has 0 bridgehead atoms. The maximum absolute atomic E-state index is 13.5. The highest BCUT2D eigenvalue weighted by Gasteiger charge is 2.29. The Hall–Kier alpha value is -3.52. The number of carbonyl (C=O) groups is 2. The number of fused-ring (bicyclic) bond motifs is 1. The van der Waals surface area contributed by atoms with E-state index >= 15 is 0 Å². The van der Waals surface area contributed by atoms with E-state index < -0.39 is 0 Å². The number of furan rings is 1. The number of methoxy groups -OCH3 is 1. The Morgan fingerprint density at radius 1 is 1.15 bits per heavy atom. The van der Waals surface area contributed by atoms with E-state index in [2.05, 4.69) is 16.0 Å². The van der Waals surface area contributed by atoms with Crippen molar-refractivity contribution < 1.29 is 18.7 Å². The van der Waals surface area contributed by atoms with Crippen LogP contribution in [0.15, 0.2) is 64.6 Å². The third-order valence-corrected chi connectivity index (χ3v) is 7.32. The molecule has 0 saturated carbocycles. The average molecular weight is 478 g/mol. The zero-order valence-corrected chi connectivity index (χ0v) is 19.8. The van der Waals surface area contributed by atoms with Gasteiger partial charge in [0.25, 0.3) is 5.91 Å². The first-order chi connectivity index (χ1) is 16.6. The Kier molecular flexibility index (Phi) is 6.40. The molecule has 1 aliphatic heterocycles. The highest BCUT2D eigenvalue weighted by Crippen LogP contribution is 2.29. The molecule has 1 fully saturated rings. The standard InChI is InChI=1S/C26H27N3O4S/c1-32-21-5-2-4-18(14-21)17-29-23(15-20-9-13-34-26(20)29)25(31)28-10-7-19(8-11-28)24(30)27-16-22-6-3-12-33-22/h2-6,9,12-15,19H,7-8,10-11,16-17H2,1H3,(H,27,30). The van der Waals surface area contributed by atoms with Crippen LogP contribution >= 0.6 is 11.3 Å². The predicted octanol–water partition coefficient (Wildman–Crippen LogP) is 4.52. The Morgan fingerprint density at radius 3 is 2.76 bits per heavy atom. The number of hydrogen-bond acceptors (Lipinski definition) is 5. The molecular formula is C26H27N3O4S. The molecule has 0 radical (unpaired) electrons. The van der Waals surface area contributed by atoms with Crippen molar-refractivity contribution in [1.29, 1.82) is 0 Å². The van der Waals surface area contributed by atoms with Crippen molar-refractivity contribution in [2.75, 3.05) is 20.2 Å². The van der Waals surface area contributed by atoms with Crippen LogP contribution in [0, 0.1) is 5.92 Å². The molecule has 5 rings (SSSR count). The lowest BCUT2D eigenvalue weighted by atomic mass is 9.95. The number of likely N-dealkylation sites (tertiary alicyclic amines) is 1. The number of nitrogens with one attached hydrogen (secondary N) is 1. The molecular weight excluding hydrogens is 450 g/mol. The highest BCUT2D eigenvalue weighted by molar-refractivity contribution is 7.16. The number of amides is 2. The zero-order chi connectivity index (χ0) is 23.5. The van der Waals surface area contributed by atoms with Crippen LogP contribution in [0.4, 0.5) is 0 Å². The van der Waals surface area contributed by atoms with Gasteiger partial charge in [0.15, 0.2) is 0 Å². The highest BCUT2D eigenvalue weighted by atomic mass is 32.1. The molecule has 4 aromatic rings. The molecule has 0 atom stereocenters. The molecule has 1 aromatic carbocycles. The molecule has 4 heterocycles. The Bertz CT molecular complexity index is 1280. The second kappa shape index (κ2) is 9.77. The smallest absolute Gasteiger partial charge is 0.270 e. The lowest BCUT2D eigenvalue weighted by Gasteiger charge is -2.31. The molecule has 1 N–H and O–H groups in total. The van der Waals surface area contributed by atoms with Crippen LogP contribution in [0.5, 0.6) is 5.75 Å². The first kappa shape index (κ1) is 22.3. The van der Waals surface area contributed by atoms with Crippen molar-refractivity contribution in [3.8, 4) is 5.75 Å². The van der Waals surface area contributed by atoms with E-state index in [0.29, 0.717) is 44.7 Å². The minimum absolute atomic E-state index is 0.0146. The van der Waals surface area contributed by atoms with E-state index in [0.717, 1.165) is 27.3 Å². The summed E-state index contributed by atoms with van der Waals surface area (Å²) in [6.07, 6.45) is 2.90. The molecule has 176 valence electrons. The van der Waals surface area contributed by atoms with Crippen molar-refractivity contribution in [2.45, 2.75) is 25.9 Å². The van der Waals surface area contributed by atoms with Gasteiger partial charge in [0.2, 0.25) is 5.91 Å². The van der Waals surface area contributed by atoms with Crippen molar-refractivity contribution >= 4 is 33.4 Å². The quantitative estimate of drug-likeness (QED) is 0.425. The molecule has 7 nitrogen and oxygen atoms in total. The van der Waals surface area contributed by atoms with Crippen LogP contribution in [0.1, 0.15) is 34.7 Å². The number of nitrogens with zero attached hydrogens (tertiary/aromatic N) is 2. The predicted molar refractivity (Wildman–Crippen MR) is 131 cm³/mol. The molecule has 3 aromatic heterocycles. The SMILES string of the molecule is COc1cccc(Cn2c(C(=O)N3CCC(C(=O)NCc4ccco4)CC3)cc3ccsc32)c1. The van der Waals surface area contributed by atoms with Gasteiger partial charge in [-0.25, -0.2) is 0 Å². The minimum Gasteiger partial charge on any atom is -0.497 e. The zero-order valence-electron chi connectivity index (χ0n) is 19.0. The fraction of sp³-hybridized carbons (Fsp3) is 0.308. The van der Waals surface area contributed by atoms with E-state index in [1.54, 1.807) is 30.8 Å². The summed E-state index contributed by atoms with van der Waals surface area (Å²) < 4.78 is 12.7. The molecule has 0 unspecified atom stereocenters. The van der Waals surface area contributed by atoms with Gasteiger partial charge >= 0.3 is 0 Å². The molecule has 0 spiro atoms. The van der Waals surface area contributed by atoms with Gasteiger partial charge < -0.3 is 23.9 Å². The van der Waals surface area contributed by atoms with Gasteiger partial charge in [0, 0.05) is 30.9 Å². The number of ether oxygens (including phenoxy) is 1. The number of rotatable bonds is 7. The molecule has 2 amide bonds. The summed E-state index contributed by atoms with van der Waals surface area (Å²) in [5, 5.41) is 6.06. The monoisotopic (exact) mass is 477 g/mol. The van der Waals surface area contributed by atoms with Gasteiger partial charge in [-0.05, 0) is 60.2 Å². The van der Waals surface area contributed by atoms with Crippen LogP contribution in [-0.2, 0) is 17.9 Å². The second-order valence-electron chi connectivity index (χ2n) is 8.51. The number of aromatic nitrogens is 1. The maximum atomic E-state index is 13.5. The lowest BCUT2D eigenvalue weighted by molar-refractivity contribution is -0.126. The molecule has 1 saturated heterocycles. The normalized spacial score (nSPS) is 14.4. The Labute approximate surface area is 201 Å². The van der Waals surface area contributed by atoms with Gasteiger partial charge in [-0.15, -0.1) is 11.3 Å². The van der Waals surface area contributed by atoms with Crippen molar-refractivity contribution in [2.24, 2.45) is 5.92 Å². The van der Waals surface area contributed by atoms with E-state index in [1.807, 2.05) is 46.7 Å². The van der Waals surface area contributed by atoms with Crippen LogP contribution in [-0.4, -0.2) is 41.5 Å². The third-order valence-electron chi connectivity index (χ3n) is 6.37. The first-order valence-corrected chi connectivity index (χ1v) is 12.3. The number of carbonyl (C=O) groups excluding carboxylic acids is 2. The van der Waals surface area contributed by atoms with Gasteiger partial charge in [-0.2, -0.15) is 0 Å². The summed E-state index contributed by atoms with van der Waals surface area (Å²) in [6, 6.07) is 15.6. The fourth-order valence-corrected chi connectivity index (χ4v) is 5.40. The average Bonchev–Trinajstić information content (AvgIpc) is 3.62. The van der Waals surface area contributed by atoms with Crippen LogP contribution in [0.2, 0.25) is 0 Å². The second-order valence-corrected chi connectivity index (χ2v) is 9.41. The van der Waals surface area contributed by atoms with Gasteiger partial charge in [-0.1, -0.05) is 12.1 Å². The van der Waals surface area contributed by atoms with Crippen LogP contribution in [0.25, 0.3) is 10.2 Å². The topological polar surface area (TPSA) is 76.7 Å². The molecule has 1 aliphatic rings. The van der Waals surface area contributed by atoms with Crippen LogP contribution < -0.4 is 10.1 Å². The Balaban J connectivity index is 1.27. The molecule has 8 heteroatoms.